The number of aromatic hydroxyl groups is 1. The number of phenols is 1. The molecule has 1 nitrogen and oxygen atoms in total. The van der Waals surface area contributed by atoms with Crippen molar-refractivity contribution in [2.75, 3.05) is 0 Å². The predicted molar refractivity (Wildman–Crippen MR) is 63.8 cm³/mol. The van der Waals surface area contributed by atoms with E-state index in [-0.39, 0.29) is 0 Å². The maximum absolute atomic E-state index is 9.92. The van der Waals surface area contributed by atoms with Gasteiger partial charge in [0.05, 0.1) is 4.47 Å². The number of benzene rings is 1. The first kappa shape index (κ1) is 11.3. The molecular weight excluding hydrogens is 240 g/mol. The van der Waals surface area contributed by atoms with E-state index < -0.39 is 0 Å². The number of allylic oxidation sites excluding steroid dienone is 1. The van der Waals surface area contributed by atoms with Crippen LogP contribution in [0.3, 0.4) is 0 Å². The lowest BCUT2D eigenvalue weighted by Crippen LogP contribution is -1.94. The first-order valence-electron chi connectivity index (χ1n) is 4.55. The van der Waals surface area contributed by atoms with E-state index in [4.69, 9.17) is 0 Å². The second kappa shape index (κ2) is 4.18. The molecule has 1 N–H and O–H groups in total. The lowest BCUT2D eigenvalue weighted by molar-refractivity contribution is 0.464. The summed E-state index contributed by atoms with van der Waals surface area (Å²) in [5, 5.41) is 9.92. The Morgan fingerprint density at radius 3 is 2.50 bits per heavy atom. The molecule has 0 saturated carbocycles. The summed E-state index contributed by atoms with van der Waals surface area (Å²) in [5.74, 6) is 0.352. The van der Waals surface area contributed by atoms with Crippen LogP contribution in [0.15, 0.2) is 22.7 Å². The van der Waals surface area contributed by atoms with Crippen LogP contribution in [0.25, 0.3) is 0 Å². The van der Waals surface area contributed by atoms with Crippen molar-refractivity contribution in [2.45, 2.75) is 27.2 Å². The number of hydrogen-bond acceptors (Lipinski definition) is 1. The minimum Gasteiger partial charge on any atom is -0.506 e. The standard InChI is InChI=1S/C12H15BrO/c1-7(2)5-10-8(3)6-9(4)11(13)12(10)14/h6,14H,1,5H2,2-4H3. The van der Waals surface area contributed by atoms with Gasteiger partial charge in [-0.1, -0.05) is 18.2 Å². The second-order valence-electron chi connectivity index (χ2n) is 3.79. The van der Waals surface area contributed by atoms with E-state index in [1.807, 2.05) is 20.8 Å². The van der Waals surface area contributed by atoms with Crippen molar-refractivity contribution in [3.63, 3.8) is 0 Å². The van der Waals surface area contributed by atoms with Crippen LogP contribution in [-0.4, -0.2) is 5.11 Å². The summed E-state index contributed by atoms with van der Waals surface area (Å²) in [6.07, 6.45) is 0.733. The fourth-order valence-corrected chi connectivity index (χ4v) is 1.86. The number of aryl methyl sites for hydroxylation is 2. The van der Waals surface area contributed by atoms with Gasteiger partial charge in [-0.15, -0.1) is 0 Å². The number of halogens is 1. The fourth-order valence-electron chi connectivity index (χ4n) is 1.51. The molecule has 0 heterocycles. The highest BCUT2D eigenvalue weighted by atomic mass is 79.9. The number of rotatable bonds is 2. The molecule has 0 aliphatic carbocycles. The van der Waals surface area contributed by atoms with E-state index in [9.17, 15) is 5.11 Å². The average Bonchev–Trinajstić information content (AvgIpc) is 2.09. The summed E-state index contributed by atoms with van der Waals surface area (Å²) in [6.45, 7) is 9.81. The van der Waals surface area contributed by atoms with Crippen LogP contribution in [0.2, 0.25) is 0 Å². The SMILES string of the molecule is C=C(C)Cc1c(C)cc(C)c(Br)c1O. The highest BCUT2D eigenvalue weighted by Gasteiger charge is 2.11. The van der Waals surface area contributed by atoms with Crippen LogP contribution < -0.4 is 0 Å². The van der Waals surface area contributed by atoms with Crippen molar-refractivity contribution in [3.8, 4) is 5.75 Å². The zero-order chi connectivity index (χ0) is 10.9. The summed E-state index contributed by atoms with van der Waals surface area (Å²) in [4.78, 5) is 0. The van der Waals surface area contributed by atoms with Gasteiger partial charge in [0.2, 0.25) is 0 Å². The molecule has 0 amide bonds. The summed E-state index contributed by atoms with van der Waals surface area (Å²) in [7, 11) is 0. The van der Waals surface area contributed by atoms with Gasteiger partial charge in [0.15, 0.2) is 0 Å². The van der Waals surface area contributed by atoms with Gasteiger partial charge in [-0.2, -0.15) is 0 Å². The van der Waals surface area contributed by atoms with E-state index in [0.29, 0.717) is 5.75 Å². The van der Waals surface area contributed by atoms with E-state index in [0.717, 1.165) is 33.2 Å². The van der Waals surface area contributed by atoms with E-state index in [1.54, 1.807) is 0 Å². The van der Waals surface area contributed by atoms with Crippen molar-refractivity contribution in [2.24, 2.45) is 0 Å². The molecule has 0 radical (unpaired) electrons. The highest BCUT2D eigenvalue weighted by Crippen LogP contribution is 2.34. The van der Waals surface area contributed by atoms with Crippen LogP contribution in [0, 0.1) is 13.8 Å². The van der Waals surface area contributed by atoms with Gasteiger partial charge in [0, 0.05) is 5.56 Å². The smallest absolute Gasteiger partial charge is 0.133 e. The third kappa shape index (κ3) is 2.18. The highest BCUT2D eigenvalue weighted by molar-refractivity contribution is 9.10. The molecule has 0 unspecified atom stereocenters. The molecule has 0 fully saturated rings. The third-order valence-electron chi connectivity index (χ3n) is 2.23. The Morgan fingerprint density at radius 1 is 1.43 bits per heavy atom. The topological polar surface area (TPSA) is 20.2 Å². The second-order valence-corrected chi connectivity index (χ2v) is 4.58. The Labute approximate surface area is 93.6 Å². The molecule has 2 heteroatoms. The van der Waals surface area contributed by atoms with Crippen LogP contribution in [-0.2, 0) is 6.42 Å². The van der Waals surface area contributed by atoms with E-state index >= 15 is 0 Å². The molecule has 0 bridgehead atoms. The number of phenolic OH excluding ortho intramolecular Hbond substituents is 1. The summed E-state index contributed by atoms with van der Waals surface area (Å²) >= 11 is 3.37. The molecule has 0 saturated heterocycles. The number of hydrogen-bond donors (Lipinski definition) is 1. The van der Waals surface area contributed by atoms with Crippen molar-refractivity contribution in [3.05, 3.63) is 39.4 Å². The van der Waals surface area contributed by atoms with E-state index in [1.165, 1.54) is 0 Å². The van der Waals surface area contributed by atoms with Gasteiger partial charge in [-0.25, -0.2) is 0 Å². The maximum Gasteiger partial charge on any atom is 0.133 e. The summed E-state index contributed by atoms with van der Waals surface area (Å²) < 4.78 is 0.791. The van der Waals surface area contributed by atoms with Gasteiger partial charge < -0.3 is 5.11 Å². The average molecular weight is 255 g/mol. The molecule has 1 aromatic carbocycles. The van der Waals surface area contributed by atoms with Crippen LogP contribution in [0.4, 0.5) is 0 Å². The molecule has 76 valence electrons. The zero-order valence-corrected chi connectivity index (χ0v) is 10.4. The minimum absolute atomic E-state index is 0.352. The van der Waals surface area contributed by atoms with Crippen molar-refractivity contribution >= 4 is 15.9 Å². The van der Waals surface area contributed by atoms with Crippen LogP contribution in [0.1, 0.15) is 23.6 Å². The van der Waals surface area contributed by atoms with Crippen LogP contribution in [0.5, 0.6) is 5.75 Å². The Kier molecular flexibility index (Phi) is 3.38. The zero-order valence-electron chi connectivity index (χ0n) is 8.82. The van der Waals surface area contributed by atoms with Crippen LogP contribution >= 0.6 is 15.9 Å². The summed E-state index contributed by atoms with van der Waals surface area (Å²) in [6, 6.07) is 2.07. The minimum atomic E-state index is 0.352. The molecule has 1 rings (SSSR count). The Bertz CT molecular complexity index is 380. The van der Waals surface area contributed by atoms with Gasteiger partial charge in [-0.05, 0) is 54.2 Å². The summed E-state index contributed by atoms with van der Waals surface area (Å²) in [5.41, 5.74) is 4.20. The molecule has 0 aliphatic rings. The molecule has 0 spiro atoms. The predicted octanol–water partition coefficient (Wildman–Crippen LogP) is 3.89. The fraction of sp³-hybridized carbons (Fsp3) is 0.333. The Morgan fingerprint density at radius 2 is 2.00 bits per heavy atom. The normalized spacial score (nSPS) is 10.3. The first-order valence-corrected chi connectivity index (χ1v) is 5.34. The van der Waals surface area contributed by atoms with Crippen molar-refractivity contribution < 1.29 is 5.11 Å². The lowest BCUT2D eigenvalue weighted by Gasteiger charge is -2.12. The molecule has 14 heavy (non-hydrogen) atoms. The van der Waals surface area contributed by atoms with Gasteiger partial charge in [-0.3, -0.25) is 0 Å². The monoisotopic (exact) mass is 254 g/mol. The Balaban J connectivity index is 3.29. The van der Waals surface area contributed by atoms with Crippen molar-refractivity contribution in [1.82, 2.24) is 0 Å². The lowest BCUT2D eigenvalue weighted by atomic mass is 9.99. The quantitative estimate of drug-likeness (QED) is 0.795. The van der Waals surface area contributed by atoms with Gasteiger partial charge in [0.1, 0.15) is 5.75 Å². The Hall–Kier alpha value is -0.760. The first-order chi connectivity index (χ1) is 6.43. The van der Waals surface area contributed by atoms with Gasteiger partial charge >= 0.3 is 0 Å². The molecular formula is C12H15BrO. The molecule has 0 atom stereocenters. The molecule has 0 aromatic heterocycles. The molecule has 1 aromatic rings. The van der Waals surface area contributed by atoms with Gasteiger partial charge in [0.25, 0.3) is 0 Å². The third-order valence-corrected chi connectivity index (χ3v) is 3.23. The maximum atomic E-state index is 9.92. The molecule has 0 aliphatic heterocycles. The largest absolute Gasteiger partial charge is 0.506 e. The van der Waals surface area contributed by atoms with E-state index in [2.05, 4.69) is 28.6 Å². The van der Waals surface area contributed by atoms with Crippen molar-refractivity contribution in [1.29, 1.82) is 0 Å².